The van der Waals surface area contributed by atoms with Crippen LogP contribution >= 0.6 is 0 Å². The van der Waals surface area contributed by atoms with E-state index in [0.29, 0.717) is 34.2 Å². The maximum atomic E-state index is 13.4. The number of hydrogen-bond acceptors (Lipinski definition) is 7. The van der Waals surface area contributed by atoms with Gasteiger partial charge in [-0.25, -0.2) is 0 Å². The summed E-state index contributed by atoms with van der Waals surface area (Å²) >= 11 is 0. The summed E-state index contributed by atoms with van der Waals surface area (Å²) in [6.45, 7) is 3.85. The number of hydrogen-bond donors (Lipinski definition) is 1. The Labute approximate surface area is 215 Å². The summed E-state index contributed by atoms with van der Waals surface area (Å²) < 4.78 is 21.7. The van der Waals surface area contributed by atoms with E-state index >= 15 is 0 Å². The highest BCUT2D eigenvalue weighted by Crippen LogP contribution is 2.44. The third kappa shape index (κ3) is 4.95. The Bertz CT molecular complexity index is 1330. The van der Waals surface area contributed by atoms with Crippen molar-refractivity contribution in [1.29, 1.82) is 0 Å². The number of ether oxygens (including phenoxy) is 4. The van der Waals surface area contributed by atoms with Crippen molar-refractivity contribution in [3.8, 4) is 23.0 Å². The largest absolute Gasteiger partial charge is 0.507 e. The lowest BCUT2D eigenvalue weighted by atomic mass is 9.94. The second kappa shape index (κ2) is 10.7. The summed E-state index contributed by atoms with van der Waals surface area (Å²) in [5.41, 5.74) is 1.27. The summed E-state index contributed by atoms with van der Waals surface area (Å²) in [5, 5.41) is 11.5. The van der Waals surface area contributed by atoms with E-state index in [4.69, 9.17) is 18.9 Å². The molecule has 0 aliphatic carbocycles. The first-order chi connectivity index (χ1) is 17.8. The third-order valence-corrected chi connectivity index (χ3v) is 6.02. The summed E-state index contributed by atoms with van der Waals surface area (Å²) in [7, 11) is 4.50. The van der Waals surface area contributed by atoms with Gasteiger partial charge in [-0.2, -0.15) is 0 Å². The van der Waals surface area contributed by atoms with E-state index < -0.39 is 17.7 Å². The molecule has 0 saturated carbocycles. The Hall–Kier alpha value is -4.46. The van der Waals surface area contributed by atoms with Crippen LogP contribution in [0.2, 0.25) is 0 Å². The van der Waals surface area contributed by atoms with E-state index in [1.807, 2.05) is 13.8 Å². The zero-order valence-electron chi connectivity index (χ0n) is 21.3. The van der Waals surface area contributed by atoms with Gasteiger partial charge < -0.3 is 24.1 Å². The van der Waals surface area contributed by atoms with E-state index in [9.17, 15) is 14.7 Å². The van der Waals surface area contributed by atoms with Crippen LogP contribution in [0.3, 0.4) is 0 Å². The standard InChI is InChI=1S/C29H29NO7/c1-17(2)37-21-10-6-18(7-11-21)26-25(27(31)23-16-22(35-4)14-15-24(23)36-5)28(32)29(33)30(26)19-8-12-20(34-3)13-9-19/h6-17,26,31H,1-5H3/b27-25+. The Morgan fingerprint density at radius 2 is 1.41 bits per heavy atom. The first-order valence-electron chi connectivity index (χ1n) is 11.7. The molecule has 1 unspecified atom stereocenters. The molecule has 1 fully saturated rings. The second-order valence-electron chi connectivity index (χ2n) is 8.67. The molecule has 1 saturated heterocycles. The van der Waals surface area contributed by atoms with Crippen LogP contribution in [0.25, 0.3) is 5.76 Å². The fourth-order valence-corrected chi connectivity index (χ4v) is 4.30. The van der Waals surface area contributed by atoms with Gasteiger partial charge in [0.2, 0.25) is 0 Å². The van der Waals surface area contributed by atoms with Gasteiger partial charge in [-0.1, -0.05) is 12.1 Å². The minimum Gasteiger partial charge on any atom is -0.507 e. The average molecular weight is 504 g/mol. The number of aliphatic hydroxyl groups excluding tert-OH is 1. The summed E-state index contributed by atoms with van der Waals surface area (Å²) in [6.07, 6.45) is -0.0173. The number of nitrogens with zero attached hydrogens (tertiary/aromatic N) is 1. The van der Waals surface area contributed by atoms with Gasteiger partial charge >= 0.3 is 0 Å². The van der Waals surface area contributed by atoms with Crippen molar-refractivity contribution in [2.45, 2.75) is 26.0 Å². The number of carbonyl (C=O) groups excluding carboxylic acids is 2. The van der Waals surface area contributed by atoms with Gasteiger partial charge in [-0.05, 0) is 74.0 Å². The molecule has 192 valence electrons. The van der Waals surface area contributed by atoms with Crippen molar-refractivity contribution in [3.05, 3.63) is 83.4 Å². The molecule has 3 aromatic carbocycles. The van der Waals surface area contributed by atoms with E-state index in [0.717, 1.165) is 0 Å². The molecule has 4 rings (SSSR count). The molecule has 8 nitrogen and oxygen atoms in total. The zero-order chi connectivity index (χ0) is 26.7. The van der Waals surface area contributed by atoms with Gasteiger partial charge in [0, 0.05) is 5.69 Å². The zero-order valence-corrected chi connectivity index (χ0v) is 21.3. The van der Waals surface area contributed by atoms with E-state index in [1.165, 1.54) is 19.1 Å². The van der Waals surface area contributed by atoms with Crippen LogP contribution in [0.4, 0.5) is 5.69 Å². The quantitative estimate of drug-likeness (QED) is 0.259. The Morgan fingerprint density at radius 3 is 1.97 bits per heavy atom. The van der Waals surface area contributed by atoms with E-state index in [-0.39, 0.29) is 23.0 Å². The van der Waals surface area contributed by atoms with E-state index in [1.54, 1.807) is 73.8 Å². The van der Waals surface area contributed by atoms with Gasteiger partial charge in [0.05, 0.1) is 44.6 Å². The molecule has 1 atom stereocenters. The van der Waals surface area contributed by atoms with Crippen molar-refractivity contribution >= 4 is 23.1 Å². The molecule has 0 spiro atoms. The van der Waals surface area contributed by atoms with Crippen LogP contribution < -0.4 is 23.8 Å². The van der Waals surface area contributed by atoms with Gasteiger partial charge in [0.25, 0.3) is 11.7 Å². The van der Waals surface area contributed by atoms with Gasteiger partial charge in [-0.15, -0.1) is 0 Å². The minimum absolute atomic E-state index is 0.0173. The monoisotopic (exact) mass is 503 g/mol. The highest BCUT2D eigenvalue weighted by molar-refractivity contribution is 6.51. The third-order valence-electron chi connectivity index (χ3n) is 6.02. The number of carbonyl (C=O) groups is 2. The van der Waals surface area contributed by atoms with Crippen molar-refractivity contribution in [1.82, 2.24) is 0 Å². The number of Topliss-reactive ketones (excluding diaryl/α,β-unsaturated/α-hetero) is 1. The number of amides is 1. The fourth-order valence-electron chi connectivity index (χ4n) is 4.30. The SMILES string of the molecule is COc1ccc(N2C(=O)C(=O)/C(=C(/O)c3cc(OC)ccc3OC)C2c2ccc(OC(C)C)cc2)cc1. The molecule has 3 aromatic rings. The molecule has 0 aromatic heterocycles. The highest BCUT2D eigenvalue weighted by Gasteiger charge is 2.47. The summed E-state index contributed by atoms with van der Waals surface area (Å²) in [5.74, 6) is 0.0963. The number of ketones is 1. The molecule has 8 heteroatoms. The maximum Gasteiger partial charge on any atom is 0.300 e. The molecule has 1 aliphatic rings. The predicted octanol–water partition coefficient (Wildman–Crippen LogP) is 5.13. The predicted molar refractivity (Wildman–Crippen MR) is 140 cm³/mol. The first-order valence-corrected chi connectivity index (χ1v) is 11.7. The van der Waals surface area contributed by atoms with Crippen LogP contribution in [0.15, 0.2) is 72.3 Å². The minimum atomic E-state index is -0.905. The van der Waals surface area contributed by atoms with Gasteiger partial charge in [0.15, 0.2) is 0 Å². The Kier molecular flexibility index (Phi) is 7.38. The number of methoxy groups -OCH3 is 3. The van der Waals surface area contributed by atoms with Crippen molar-refractivity contribution in [2.24, 2.45) is 0 Å². The maximum absolute atomic E-state index is 13.4. The molecule has 37 heavy (non-hydrogen) atoms. The lowest BCUT2D eigenvalue weighted by Crippen LogP contribution is -2.29. The molecule has 1 amide bonds. The number of aliphatic hydroxyl groups is 1. The lowest BCUT2D eigenvalue weighted by molar-refractivity contribution is -0.132. The molecular formula is C29H29NO7. The average Bonchev–Trinajstić information content (AvgIpc) is 3.18. The highest BCUT2D eigenvalue weighted by atomic mass is 16.5. The Balaban J connectivity index is 1.92. The van der Waals surface area contributed by atoms with Gasteiger partial charge in [0.1, 0.15) is 28.8 Å². The van der Waals surface area contributed by atoms with Crippen molar-refractivity contribution in [3.63, 3.8) is 0 Å². The number of anilines is 1. The van der Waals surface area contributed by atoms with Crippen molar-refractivity contribution in [2.75, 3.05) is 26.2 Å². The Morgan fingerprint density at radius 1 is 0.811 bits per heavy atom. The molecule has 1 aliphatic heterocycles. The van der Waals surface area contributed by atoms with E-state index in [2.05, 4.69) is 0 Å². The van der Waals surface area contributed by atoms with Crippen LogP contribution in [-0.2, 0) is 9.59 Å². The van der Waals surface area contributed by atoms with Crippen LogP contribution in [0, 0.1) is 0 Å². The molecule has 1 heterocycles. The first kappa shape index (κ1) is 25.6. The molecule has 0 bridgehead atoms. The van der Waals surface area contributed by atoms with Crippen LogP contribution in [0.1, 0.15) is 31.0 Å². The molecule has 0 radical (unpaired) electrons. The fraction of sp³-hybridized carbons (Fsp3) is 0.241. The lowest BCUT2D eigenvalue weighted by Gasteiger charge is -2.26. The summed E-state index contributed by atoms with van der Waals surface area (Å²) in [6, 6.07) is 17.9. The number of rotatable bonds is 8. The second-order valence-corrected chi connectivity index (χ2v) is 8.67. The topological polar surface area (TPSA) is 94.5 Å². The summed E-state index contributed by atoms with van der Waals surface area (Å²) in [4.78, 5) is 28.2. The number of benzene rings is 3. The van der Waals surface area contributed by atoms with Crippen LogP contribution in [-0.4, -0.2) is 44.2 Å². The molecule has 1 N–H and O–H groups in total. The van der Waals surface area contributed by atoms with Crippen LogP contribution in [0.5, 0.6) is 23.0 Å². The van der Waals surface area contributed by atoms with Gasteiger partial charge in [-0.3, -0.25) is 14.5 Å². The van der Waals surface area contributed by atoms with Crippen molar-refractivity contribution < 1.29 is 33.6 Å². The normalized spacial score (nSPS) is 16.7. The molecular weight excluding hydrogens is 474 g/mol. The smallest absolute Gasteiger partial charge is 0.300 e.